The maximum Gasteiger partial charge on any atom is 0.305 e. The van der Waals surface area contributed by atoms with Crippen LogP contribution in [0, 0.1) is 5.82 Å². The van der Waals surface area contributed by atoms with Crippen LogP contribution < -0.4 is 14.8 Å². The molecule has 0 fully saturated rings. The first-order valence-electron chi connectivity index (χ1n) is 7.90. The fourth-order valence-corrected chi connectivity index (χ4v) is 2.53. The molecule has 0 bridgehead atoms. The maximum atomic E-state index is 12.9. The number of nitrogens with one attached hydrogen (secondary N) is 1. The number of benzene rings is 2. The lowest BCUT2D eigenvalue weighted by Crippen LogP contribution is -2.31. The van der Waals surface area contributed by atoms with Crippen LogP contribution in [-0.2, 0) is 16.0 Å². The van der Waals surface area contributed by atoms with E-state index in [9.17, 15) is 14.0 Å². The second-order valence-corrected chi connectivity index (χ2v) is 5.64. The van der Waals surface area contributed by atoms with Gasteiger partial charge in [-0.05, 0) is 35.4 Å². The lowest BCUT2D eigenvalue weighted by atomic mass is 10.0. The topological polar surface area (TPSA) is 84.9 Å². The number of halogens is 1. The molecular weight excluding hydrogens is 341 g/mol. The van der Waals surface area contributed by atoms with E-state index in [1.54, 1.807) is 18.2 Å². The Morgan fingerprint density at radius 2 is 1.73 bits per heavy atom. The molecule has 2 aromatic rings. The van der Waals surface area contributed by atoms with Gasteiger partial charge in [-0.3, -0.25) is 9.59 Å². The van der Waals surface area contributed by atoms with Crippen molar-refractivity contribution in [3.63, 3.8) is 0 Å². The number of hydrogen-bond donors (Lipinski definition) is 2. The van der Waals surface area contributed by atoms with Crippen molar-refractivity contribution >= 4 is 11.9 Å². The summed E-state index contributed by atoms with van der Waals surface area (Å²) in [7, 11) is 2.97. The molecule has 1 amide bonds. The lowest BCUT2D eigenvalue weighted by molar-refractivity contribution is -0.137. The largest absolute Gasteiger partial charge is 0.493 e. The number of hydrogen-bond acceptors (Lipinski definition) is 4. The van der Waals surface area contributed by atoms with E-state index in [0.29, 0.717) is 22.6 Å². The van der Waals surface area contributed by atoms with Crippen LogP contribution in [0.25, 0.3) is 0 Å². The number of methoxy groups -OCH3 is 2. The highest BCUT2D eigenvalue weighted by Crippen LogP contribution is 2.31. The van der Waals surface area contributed by atoms with E-state index >= 15 is 0 Å². The van der Waals surface area contributed by atoms with Gasteiger partial charge in [-0.25, -0.2) is 4.39 Å². The molecule has 0 radical (unpaired) electrons. The Balaban J connectivity index is 2.17. The smallest absolute Gasteiger partial charge is 0.305 e. The summed E-state index contributed by atoms with van der Waals surface area (Å²) in [6.07, 6.45) is -0.270. The van der Waals surface area contributed by atoms with Crippen molar-refractivity contribution in [3.8, 4) is 11.5 Å². The molecule has 0 spiro atoms. The standard InChI is InChI=1S/C19H20FNO5/c1-25-16-8-5-13(10-17(16)26-2)15(11-19(23)24)21-18(22)9-12-3-6-14(20)7-4-12/h3-8,10,15H,9,11H2,1-2H3,(H,21,22)(H,23,24). The summed E-state index contributed by atoms with van der Waals surface area (Å²) in [6, 6.07) is 9.78. The van der Waals surface area contributed by atoms with Gasteiger partial charge in [-0.15, -0.1) is 0 Å². The van der Waals surface area contributed by atoms with Gasteiger partial charge in [0, 0.05) is 0 Å². The van der Waals surface area contributed by atoms with Gasteiger partial charge in [0.1, 0.15) is 5.82 Å². The number of carbonyl (C=O) groups excluding carboxylic acids is 1. The monoisotopic (exact) mass is 361 g/mol. The van der Waals surface area contributed by atoms with Gasteiger partial charge < -0.3 is 19.9 Å². The normalized spacial score (nSPS) is 11.5. The summed E-state index contributed by atoms with van der Waals surface area (Å²) < 4.78 is 23.3. The van der Waals surface area contributed by atoms with Crippen LogP contribution in [0.2, 0.25) is 0 Å². The van der Waals surface area contributed by atoms with Crippen molar-refractivity contribution in [3.05, 3.63) is 59.4 Å². The number of rotatable bonds is 8. The molecule has 0 aromatic heterocycles. The van der Waals surface area contributed by atoms with Crippen molar-refractivity contribution in [2.45, 2.75) is 18.9 Å². The van der Waals surface area contributed by atoms with Crippen LogP contribution in [0.5, 0.6) is 11.5 Å². The average Bonchev–Trinajstić information content (AvgIpc) is 2.62. The third-order valence-electron chi connectivity index (χ3n) is 3.80. The van der Waals surface area contributed by atoms with Crippen LogP contribution in [-0.4, -0.2) is 31.2 Å². The molecule has 0 heterocycles. The Labute approximate surface area is 150 Å². The van der Waals surface area contributed by atoms with Crippen molar-refractivity contribution in [1.29, 1.82) is 0 Å². The number of aliphatic carboxylic acids is 1. The second-order valence-electron chi connectivity index (χ2n) is 5.64. The molecule has 1 unspecified atom stereocenters. The number of ether oxygens (including phenoxy) is 2. The zero-order valence-electron chi connectivity index (χ0n) is 14.5. The molecule has 7 heteroatoms. The van der Waals surface area contributed by atoms with Crippen LogP contribution in [0.4, 0.5) is 4.39 Å². The van der Waals surface area contributed by atoms with E-state index in [-0.39, 0.29) is 24.6 Å². The first-order chi connectivity index (χ1) is 12.4. The molecule has 26 heavy (non-hydrogen) atoms. The van der Waals surface area contributed by atoms with Gasteiger partial charge >= 0.3 is 5.97 Å². The molecule has 2 N–H and O–H groups in total. The molecule has 0 saturated carbocycles. The number of carbonyl (C=O) groups is 2. The third kappa shape index (κ3) is 5.20. The molecular formula is C19H20FNO5. The van der Waals surface area contributed by atoms with Gasteiger partial charge in [0.15, 0.2) is 11.5 Å². The Kier molecular flexibility index (Phi) is 6.54. The number of amides is 1. The van der Waals surface area contributed by atoms with E-state index in [1.165, 1.54) is 38.5 Å². The summed E-state index contributed by atoms with van der Waals surface area (Å²) in [5.74, 6) is -0.858. The zero-order valence-corrected chi connectivity index (χ0v) is 14.5. The Bertz CT molecular complexity index is 776. The lowest BCUT2D eigenvalue weighted by Gasteiger charge is -2.19. The van der Waals surface area contributed by atoms with Crippen molar-refractivity contribution < 1.29 is 28.6 Å². The molecule has 2 rings (SSSR count). The second kappa shape index (κ2) is 8.84. The molecule has 138 valence electrons. The minimum atomic E-state index is -1.05. The van der Waals surface area contributed by atoms with E-state index < -0.39 is 12.0 Å². The van der Waals surface area contributed by atoms with Crippen LogP contribution in [0.3, 0.4) is 0 Å². The third-order valence-corrected chi connectivity index (χ3v) is 3.80. The molecule has 2 aromatic carbocycles. The first-order valence-corrected chi connectivity index (χ1v) is 7.90. The van der Waals surface area contributed by atoms with Gasteiger partial charge in [0.05, 0.1) is 33.1 Å². The first kappa shape index (κ1) is 19.2. The molecule has 6 nitrogen and oxygen atoms in total. The Morgan fingerprint density at radius 3 is 2.31 bits per heavy atom. The van der Waals surface area contributed by atoms with Crippen LogP contribution in [0.1, 0.15) is 23.6 Å². The van der Waals surface area contributed by atoms with E-state index in [4.69, 9.17) is 14.6 Å². The Hall–Kier alpha value is -3.09. The molecule has 0 aliphatic rings. The van der Waals surface area contributed by atoms with Crippen LogP contribution >= 0.6 is 0 Å². The molecule has 1 atom stereocenters. The van der Waals surface area contributed by atoms with Crippen molar-refractivity contribution in [1.82, 2.24) is 5.32 Å². The Morgan fingerprint density at radius 1 is 1.08 bits per heavy atom. The van der Waals surface area contributed by atoms with Gasteiger partial charge in [0.25, 0.3) is 0 Å². The van der Waals surface area contributed by atoms with Gasteiger partial charge in [-0.2, -0.15) is 0 Å². The van der Waals surface area contributed by atoms with Gasteiger partial charge in [-0.1, -0.05) is 18.2 Å². The highest BCUT2D eigenvalue weighted by atomic mass is 19.1. The van der Waals surface area contributed by atoms with E-state index in [0.717, 1.165) is 0 Å². The van der Waals surface area contributed by atoms with Crippen molar-refractivity contribution in [2.24, 2.45) is 0 Å². The summed E-state index contributed by atoms with van der Waals surface area (Å²) >= 11 is 0. The summed E-state index contributed by atoms with van der Waals surface area (Å²) in [4.78, 5) is 23.5. The average molecular weight is 361 g/mol. The molecule has 0 saturated heterocycles. The zero-order chi connectivity index (χ0) is 19.1. The quantitative estimate of drug-likeness (QED) is 0.755. The van der Waals surface area contributed by atoms with Gasteiger partial charge in [0.2, 0.25) is 5.91 Å². The minimum Gasteiger partial charge on any atom is -0.493 e. The number of carboxylic acid groups (broad SMARTS) is 1. The summed E-state index contributed by atoms with van der Waals surface area (Å²) in [6.45, 7) is 0. The fourth-order valence-electron chi connectivity index (χ4n) is 2.53. The fraction of sp³-hybridized carbons (Fsp3) is 0.263. The van der Waals surface area contributed by atoms with E-state index in [1.807, 2.05) is 0 Å². The van der Waals surface area contributed by atoms with Crippen molar-refractivity contribution in [2.75, 3.05) is 14.2 Å². The predicted octanol–water partition coefficient (Wildman–Crippen LogP) is 2.72. The van der Waals surface area contributed by atoms with Crippen LogP contribution in [0.15, 0.2) is 42.5 Å². The van der Waals surface area contributed by atoms with E-state index in [2.05, 4.69) is 5.32 Å². The predicted molar refractivity (Wildman–Crippen MR) is 92.8 cm³/mol. The molecule has 0 aliphatic heterocycles. The molecule has 0 aliphatic carbocycles. The summed E-state index contributed by atoms with van der Waals surface area (Å²) in [5.41, 5.74) is 1.21. The SMILES string of the molecule is COc1ccc(C(CC(=O)O)NC(=O)Cc2ccc(F)cc2)cc1OC. The number of carboxylic acids is 1. The summed E-state index contributed by atoms with van der Waals surface area (Å²) in [5, 5.41) is 11.9. The maximum absolute atomic E-state index is 12.9. The highest BCUT2D eigenvalue weighted by Gasteiger charge is 2.20. The minimum absolute atomic E-state index is 0.0175. The highest BCUT2D eigenvalue weighted by molar-refractivity contribution is 5.80.